The molecule has 0 aliphatic heterocycles. The van der Waals surface area contributed by atoms with Gasteiger partial charge in [0.2, 0.25) is 0 Å². The summed E-state index contributed by atoms with van der Waals surface area (Å²) in [6.07, 6.45) is -0.654. The molecule has 3 atom stereocenters. The van der Waals surface area contributed by atoms with Gasteiger partial charge in [-0.2, -0.15) is 0 Å². The van der Waals surface area contributed by atoms with Crippen molar-refractivity contribution in [3.05, 3.63) is 0 Å². The third-order valence-corrected chi connectivity index (χ3v) is 2.53. The maximum absolute atomic E-state index is 8.92. The fourth-order valence-corrected chi connectivity index (χ4v) is 1.23. The molecule has 8 heteroatoms. The van der Waals surface area contributed by atoms with Crippen LogP contribution < -0.4 is 0 Å². The number of hydrogen-bond donors (Lipinski definition) is 3. The van der Waals surface area contributed by atoms with Crippen LogP contribution in [0.5, 0.6) is 0 Å². The van der Waals surface area contributed by atoms with Crippen molar-refractivity contribution < 1.29 is 39.0 Å². The van der Waals surface area contributed by atoms with Crippen molar-refractivity contribution in [3.63, 3.8) is 0 Å². The number of methoxy groups -OCH3 is 1. The van der Waals surface area contributed by atoms with Crippen molar-refractivity contribution in [1.82, 2.24) is 0 Å². The van der Waals surface area contributed by atoms with Gasteiger partial charge in [-0.05, 0) is 20.8 Å². The summed E-state index contributed by atoms with van der Waals surface area (Å²) in [6, 6.07) is 0. The normalized spacial score (nSPS) is 14.6. The molecule has 0 aromatic rings. The predicted octanol–water partition coefficient (Wildman–Crippen LogP) is -0.172. The van der Waals surface area contributed by atoms with Gasteiger partial charge >= 0.3 is 0 Å². The van der Waals surface area contributed by atoms with Crippen molar-refractivity contribution in [2.75, 3.05) is 66.6 Å². The van der Waals surface area contributed by atoms with Gasteiger partial charge in [0, 0.05) is 7.11 Å². The van der Waals surface area contributed by atoms with Crippen LogP contribution >= 0.6 is 0 Å². The molecule has 0 aliphatic rings. The average molecular weight is 356 g/mol. The summed E-state index contributed by atoms with van der Waals surface area (Å²) < 4.78 is 25.3. The van der Waals surface area contributed by atoms with Gasteiger partial charge < -0.3 is 39.0 Å². The number of aliphatic hydroxyl groups excluding tert-OH is 3. The Morgan fingerprint density at radius 3 is 1.79 bits per heavy atom. The number of aliphatic hydroxyl groups is 3. The number of hydrogen-bond acceptors (Lipinski definition) is 8. The second-order valence-electron chi connectivity index (χ2n) is 5.26. The molecule has 0 amide bonds. The monoisotopic (exact) mass is 356 g/mol. The van der Waals surface area contributed by atoms with E-state index in [9.17, 15) is 0 Å². The van der Waals surface area contributed by atoms with E-state index in [1.807, 2.05) is 6.92 Å². The highest BCUT2D eigenvalue weighted by molar-refractivity contribution is 4.52. The molecule has 0 saturated heterocycles. The minimum atomic E-state index is -0.447. The lowest BCUT2D eigenvalue weighted by Gasteiger charge is -2.16. The summed E-state index contributed by atoms with van der Waals surface area (Å²) in [7, 11) is 1.63. The molecule has 0 radical (unpaired) electrons. The Balaban J connectivity index is 0. The van der Waals surface area contributed by atoms with Gasteiger partial charge in [-0.15, -0.1) is 0 Å². The maximum atomic E-state index is 8.92. The first-order chi connectivity index (χ1) is 11.5. The molecular weight excluding hydrogens is 320 g/mol. The summed E-state index contributed by atoms with van der Waals surface area (Å²) in [5, 5.41) is 25.9. The first kappa shape index (κ1) is 25.9. The van der Waals surface area contributed by atoms with E-state index in [0.717, 1.165) is 0 Å². The van der Waals surface area contributed by atoms with E-state index in [2.05, 4.69) is 0 Å². The lowest BCUT2D eigenvalue weighted by molar-refractivity contribution is -0.0620. The van der Waals surface area contributed by atoms with E-state index in [-0.39, 0.29) is 25.4 Å². The Morgan fingerprint density at radius 1 is 0.750 bits per heavy atom. The third kappa shape index (κ3) is 23.9. The molecule has 0 fully saturated rings. The van der Waals surface area contributed by atoms with Gasteiger partial charge in [-0.1, -0.05) is 0 Å². The molecule has 8 nitrogen and oxygen atoms in total. The highest BCUT2D eigenvalue weighted by Crippen LogP contribution is 1.97. The second kappa shape index (κ2) is 20.7. The van der Waals surface area contributed by atoms with Gasteiger partial charge in [0.15, 0.2) is 0 Å². The molecular formula is C16H36O8. The van der Waals surface area contributed by atoms with Crippen LogP contribution in [0.3, 0.4) is 0 Å². The highest BCUT2D eigenvalue weighted by atomic mass is 16.5. The Kier molecular flexibility index (Phi) is 22.4. The van der Waals surface area contributed by atoms with Crippen LogP contribution in [-0.2, 0) is 23.7 Å². The Labute approximate surface area is 145 Å². The second-order valence-corrected chi connectivity index (χ2v) is 5.26. The van der Waals surface area contributed by atoms with E-state index in [1.54, 1.807) is 21.0 Å². The summed E-state index contributed by atoms with van der Waals surface area (Å²) in [5.74, 6) is 0. The SMILES string of the molecule is CC(O)COC(C)COC(C)CO.COCCOCCOCCO. The van der Waals surface area contributed by atoms with E-state index in [0.29, 0.717) is 46.2 Å². The molecule has 0 saturated carbocycles. The minimum Gasteiger partial charge on any atom is -0.394 e. The van der Waals surface area contributed by atoms with E-state index >= 15 is 0 Å². The topological polar surface area (TPSA) is 107 Å². The zero-order chi connectivity index (χ0) is 18.6. The standard InChI is InChI=1S/C9H20O4.C7H16O4/c1-7(11)5-12-9(3)6-13-8(2)4-10;1-9-4-5-11-7-6-10-3-2-8/h7-11H,4-6H2,1-3H3;8H,2-7H2,1H3. The van der Waals surface area contributed by atoms with Crippen LogP contribution in [0.2, 0.25) is 0 Å². The van der Waals surface area contributed by atoms with Crippen LogP contribution in [0.1, 0.15) is 20.8 Å². The molecule has 0 aliphatic carbocycles. The van der Waals surface area contributed by atoms with Crippen molar-refractivity contribution in [2.45, 2.75) is 39.1 Å². The van der Waals surface area contributed by atoms with Crippen LogP contribution in [-0.4, -0.2) is 100 Å². The van der Waals surface area contributed by atoms with Gasteiger partial charge in [0.05, 0.1) is 77.8 Å². The number of ether oxygens (including phenoxy) is 5. The Bertz CT molecular complexity index is 220. The molecule has 0 spiro atoms. The van der Waals surface area contributed by atoms with Crippen LogP contribution in [0.25, 0.3) is 0 Å². The van der Waals surface area contributed by atoms with Crippen molar-refractivity contribution in [2.24, 2.45) is 0 Å². The largest absolute Gasteiger partial charge is 0.394 e. The van der Waals surface area contributed by atoms with Crippen molar-refractivity contribution in [3.8, 4) is 0 Å². The molecule has 148 valence electrons. The van der Waals surface area contributed by atoms with Gasteiger partial charge in [-0.3, -0.25) is 0 Å². The molecule has 24 heavy (non-hydrogen) atoms. The molecule has 3 N–H and O–H groups in total. The Morgan fingerprint density at radius 2 is 1.29 bits per heavy atom. The average Bonchev–Trinajstić information content (AvgIpc) is 2.57. The minimum absolute atomic E-state index is 0.0170. The Hall–Kier alpha value is -0.320. The fraction of sp³-hybridized carbons (Fsp3) is 1.00. The van der Waals surface area contributed by atoms with E-state index < -0.39 is 6.10 Å². The fourth-order valence-electron chi connectivity index (χ4n) is 1.23. The lowest BCUT2D eigenvalue weighted by atomic mass is 10.4. The zero-order valence-electron chi connectivity index (χ0n) is 15.5. The summed E-state index contributed by atoms with van der Waals surface area (Å²) in [5.41, 5.74) is 0. The summed E-state index contributed by atoms with van der Waals surface area (Å²) >= 11 is 0. The molecule has 0 heterocycles. The molecule has 0 aromatic heterocycles. The van der Waals surface area contributed by atoms with Crippen molar-refractivity contribution in [1.29, 1.82) is 0 Å². The van der Waals surface area contributed by atoms with Crippen LogP contribution in [0.15, 0.2) is 0 Å². The van der Waals surface area contributed by atoms with Crippen molar-refractivity contribution >= 4 is 0 Å². The van der Waals surface area contributed by atoms with Gasteiger partial charge in [0.1, 0.15) is 0 Å². The van der Waals surface area contributed by atoms with E-state index in [1.165, 1.54) is 0 Å². The molecule has 0 aromatic carbocycles. The van der Waals surface area contributed by atoms with Gasteiger partial charge in [-0.25, -0.2) is 0 Å². The molecule has 0 bridgehead atoms. The maximum Gasteiger partial charge on any atom is 0.0781 e. The third-order valence-electron chi connectivity index (χ3n) is 2.53. The zero-order valence-corrected chi connectivity index (χ0v) is 15.5. The first-order valence-corrected chi connectivity index (χ1v) is 8.25. The molecule has 0 rings (SSSR count). The quantitative estimate of drug-likeness (QED) is 0.347. The smallest absolute Gasteiger partial charge is 0.0781 e. The molecule has 3 unspecified atom stereocenters. The number of rotatable bonds is 15. The lowest BCUT2D eigenvalue weighted by Crippen LogP contribution is -2.24. The predicted molar refractivity (Wildman–Crippen MR) is 90.2 cm³/mol. The highest BCUT2D eigenvalue weighted by Gasteiger charge is 2.07. The van der Waals surface area contributed by atoms with Crippen LogP contribution in [0, 0.1) is 0 Å². The van der Waals surface area contributed by atoms with Crippen LogP contribution in [0.4, 0.5) is 0 Å². The summed E-state index contributed by atoms with van der Waals surface area (Å²) in [6.45, 7) is 8.85. The van der Waals surface area contributed by atoms with E-state index in [4.69, 9.17) is 39.0 Å². The summed E-state index contributed by atoms with van der Waals surface area (Å²) in [4.78, 5) is 0. The first-order valence-electron chi connectivity index (χ1n) is 8.25. The van der Waals surface area contributed by atoms with Gasteiger partial charge in [0.25, 0.3) is 0 Å².